The summed E-state index contributed by atoms with van der Waals surface area (Å²) in [4.78, 5) is 0. The zero-order valence-corrected chi connectivity index (χ0v) is 8.55. The van der Waals surface area contributed by atoms with Gasteiger partial charge < -0.3 is 20.3 Å². The van der Waals surface area contributed by atoms with Crippen molar-refractivity contribution in [1.82, 2.24) is 5.32 Å². The van der Waals surface area contributed by atoms with Crippen LogP contribution in [0, 0.1) is 0 Å². The number of hydrogen-bond acceptors (Lipinski definition) is 4. The van der Waals surface area contributed by atoms with Crippen molar-refractivity contribution in [2.75, 3.05) is 32.9 Å². The van der Waals surface area contributed by atoms with E-state index in [0.29, 0.717) is 19.7 Å². The van der Waals surface area contributed by atoms with Crippen molar-refractivity contribution in [2.24, 2.45) is 0 Å². The van der Waals surface area contributed by atoms with Crippen molar-refractivity contribution in [3.8, 4) is 0 Å². The lowest BCUT2D eigenvalue weighted by Gasteiger charge is -2.20. The Morgan fingerprint density at radius 3 is 2.62 bits per heavy atom. The first kappa shape index (κ1) is 12.8. The van der Waals surface area contributed by atoms with E-state index >= 15 is 0 Å². The van der Waals surface area contributed by atoms with Gasteiger partial charge in [0.25, 0.3) is 0 Å². The molecule has 0 saturated heterocycles. The molecule has 0 amide bonds. The lowest BCUT2D eigenvalue weighted by atomic mass is 10.1. The first-order chi connectivity index (χ1) is 6.12. The molecule has 0 saturated carbocycles. The molecule has 3 N–H and O–H groups in total. The van der Waals surface area contributed by atoms with Crippen molar-refractivity contribution in [3.63, 3.8) is 0 Å². The summed E-state index contributed by atoms with van der Waals surface area (Å²) in [6, 6.07) is 0. The molecule has 0 spiro atoms. The van der Waals surface area contributed by atoms with Gasteiger partial charge in [-0.2, -0.15) is 0 Å². The third-order valence-corrected chi connectivity index (χ3v) is 1.62. The largest absolute Gasteiger partial charge is 0.393 e. The van der Waals surface area contributed by atoms with E-state index in [0.717, 1.165) is 13.0 Å². The van der Waals surface area contributed by atoms with Gasteiger partial charge in [0.15, 0.2) is 0 Å². The van der Waals surface area contributed by atoms with Crippen molar-refractivity contribution < 1.29 is 14.9 Å². The van der Waals surface area contributed by atoms with Crippen LogP contribution in [-0.4, -0.2) is 48.7 Å². The average molecular weight is 191 g/mol. The van der Waals surface area contributed by atoms with Gasteiger partial charge in [0.1, 0.15) is 0 Å². The van der Waals surface area contributed by atoms with Crippen molar-refractivity contribution in [2.45, 2.75) is 25.9 Å². The molecule has 0 aliphatic heterocycles. The highest BCUT2D eigenvalue weighted by atomic mass is 16.5. The standard InChI is InChI=1S/C9H21NO3/c1-3-5-13-6-4-10-7-9(2,12)8-11/h10-12H,3-8H2,1-2H3. The number of nitrogens with one attached hydrogen (secondary N) is 1. The summed E-state index contributed by atoms with van der Waals surface area (Å²) in [6.07, 6.45) is 1.02. The lowest BCUT2D eigenvalue weighted by Crippen LogP contribution is -2.41. The van der Waals surface area contributed by atoms with Crippen molar-refractivity contribution in [1.29, 1.82) is 0 Å². The smallest absolute Gasteiger partial charge is 0.0972 e. The monoisotopic (exact) mass is 191 g/mol. The van der Waals surface area contributed by atoms with Crippen molar-refractivity contribution in [3.05, 3.63) is 0 Å². The molecular weight excluding hydrogens is 170 g/mol. The van der Waals surface area contributed by atoms with Crippen LogP contribution in [0.4, 0.5) is 0 Å². The Labute approximate surface area is 79.9 Å². The molecule has 0 aromatic carbocycles. The minimum Gasteiger partial charge on any atom is -0.393 e. The second-order valence-electron chi connectivity index (χ2n) is 3.44. The van der Waals surface area contributed by atoms with Gasteiger partial charge in [-0.25, -0.2) is 0 Å². The number of aliphatic hydroxyl groups excluding tert-OH is 1. The Kier molecular flexibility index (Phi) is 7.17. The van der Waals surface area contributed by atoms with Crippen LogP contribution in [0.3, 0.4) is 0 Å². The molecule has 1 atom stereocenters. The molecule has 1 unspecified atom stereocenters. The second kappa shape index (κ2) is 7.26. The molecule has 0 heterocycles. The van der Waals surface area contributed by atoms with Crippen LogP contribution >= 0.6 is 0 Å². The number of ether oxygens (including phenoxy) is 1. The van der Waals surface area contributed by atoms with E-state index in [1.807, 2.05) is 0 Å². The Hall–Kier alpha value is -0.160. The third-order valence-electron chi connectivity index (χ3n) is 1.62. The molecule has 0 aliphatic carbocycles. The summed E-state index contributed by atoms with van der Waals surface area (Å²) in [7, 11) is 0. The van der Waals surface area contributed by atoms with Crippen LogP contribution in [0.25, 0.3) is 0 Å². The number of aliphatic hydroxyl groups is 2. The highest BCUT2D eigenvalue weighted by Crippen LogP contribution is 1.97. The van der Waals surface area contributed by atoms with E-state index in [1.165, 1.54) is 0 Å². The van der Waals surface area contributed by atoms with E-state index < -0.39 is 5.60 Å². The Morgan fingerprint density at radius 2 is 2.08 bits per heavy atom. The van der Waals surface area contributed by atoms with Crippen molar-refractivity contribution >= 4 is 0 Å². The van der Waals surface area contributed by atoms with Gasteiger partial charge in [0.05, 0.1) is 18.8 Å². The van der Waals surface area contributed by atoms with Crippen LogP contribution < -0.4 is 5.32 Å². The fourth-order valence-electron chi connectivity index (χ4n) is 0.804. The first-order valence-corrected chi connectivity index (χ1v) is 4.74. The summed E-state index contributed by atoms with van der Waals surface area (Å²) < 4.78 is 5.22. The molecule has 0 radical (unpaired) electrons. The molecule has 4 heteroatoms. The zero-order chi connectivity index (χ0) is 10.2. The Balaban J connectivity index is 3.16. The molecule has 4 nitrogen and oxygen atoms in total. The van der Waals surface area contributed by atoms with Crippen LogP contribution in [-0.2, 0) is 4.74 Å². The molecule has 0 rings (SSSR count). The van der Waals surface area contributed by atoms with Crippen LogP contribution in [0.2, 0.25) is 0 Å². The first-order valence-electron chi connectivity index (χ1n) is 4.74. The fourth-order valence-corrected chi connectivity index (χ4v) is 0.804. The normalized spacial score (nSPS) is 15.7. The third kappa shape index (κ3) is 8.18. The fraction of sp³-hybridized carbons (Fsp3) is 1.00. The predicted molar refractivity (Wildman–Crippen MR) is 51.7 cm³/mol. The number of hydrogen-bond donors (Lipinski definition) is 3. The molecule has 13 heavy (non-hydrogen) atoms. The maximum atomic E-state index is 9.37. The van der Waals surface area contributed by atoms with Gasteiger partial charge in [0, 0.05) is 19.7 Å². The van der Waals surface area contributed by atoms with Gasteiger partial charge in [-0.05, 0) is 13.3 Å². The minimum absolute atomic E-state index is 0.226. The molecule has 0 fully saturated rings. The molecule has 80 valence electrons. The summed E-state index contributed by atoms with van der Waals surface area (Å²) in [6.45, 7) is 5.94. The summed E-state index contributed by atoms with van der Waals surface area (Å²) >= 11 is 0. The molecule has 0 aromatic rings. The second-order valence-corrected chi connectivity index (χ2v) is 3.44. The predicted octanol–water partition coefficient (Wildman–Crippen LogP) is -0.254. The molecular formula is C9H21NO3. The highest BCUT2D eigenvalue weighted by molar-refractivity contribution is 4.73. The summed E-state index contributed by atoms with van der Waals surface area (Å²) in [5, 5.41) is 21.1. The van der Waals surface area contributed by atoms with Gasteiger partial charge in [-0.15, -0.1) is 0 Å². The van der Waals surface area contributed by atoms with Gasteiger partial charge in [-0.1, -0.05) is 6.92 Å². The minimum atomic E-state index is -1.02. The summed E-state index contributed by atoms with van der Waals surface area (Å²) in [5.74, 6) is 0. The maximum Gasteiger partial charge on any atom is 0.0972 e. The highest BCUT2D eigenvalue weighted by Gasteiger charge is 2.17. The maximum absolute atomic E-state index is 9.37. The number of rotatable bonds is 8. The molecule has 0 bridgehead atoms. The van der Waals surface area contributed by atoms with Crippen LogP contribution in [0.15, 0.2) is 0 Å². The van der Waals surface area contributed by atoms with Crippen LogP contribution in [0.1, 0.15) is 20.3 Å². The van der Waals surface area contributed by atoms with E-state index in [9.17, 15) is 5.11 Å². The van der Waals surface area contributed by atoms with Gasteiger partial charge >= 0.3 is 0 Å². The van der Waals surface area contributed by atoms with Crippen LogP contribution in [0.5, 0.6) is 0 Å². The van der Waals surface area contributed by atoms with Gasteiger partial charge in [0.2, 0.25) is 0 Å². The topological polar surface area (TPSA) is 61.7 Å². The molecule has 0 aromatic heterocycles. The van der Waals surface area contributed by atoms with Gasteiger partial charge in [-0.3, -0.25) is 0 Å². The average Bonchev–Trinajstić information content (AvgIpc) is 2.11. The SMILES string of the molecule is CCCOCCNCC(C)(O)CO. The molecule has 0 aliphatic rings. The van der Waals surface area contributed by atoms with E-state index in [2.05, 4.69) is 12.2 Å². The summed E-state index contributed by atoms with van der Waals surface area (Å²) in [5.41, 5.74) is -1.02. The van der Waals surface area contributed by atoms with E-state index in [1.54, 1.807) is 6.92 Å². The van der Waals surface area contributed by atoms with E-state index in [-0.39, 0.29) is 6.61 Å². The lowest BCUT2D eigenvalue weighted by molar-refractivity contribution is 0.00145. The Morgan fingerprint density at radius 1 is 1.38 bits per heavy atom. The zero-order valence-electron chi connectivity index (χ0n) is 8.55. The quantitative estimate of drug-likeness (QED) is 0.463. The van der Waals surface area contributed by atoms with E-state index in [4.69, 9.17) is 9.84 Å². The Bertz CT molecular complexity index is 117.